The second-order valence-corrected chi connectivity index (χ2v) is 5.23. The standard InChI is InChI=1S/C13H17BrClNO/c1-3-5-16(6-4-14)13(17)11-7-10(2)8-12(15)9-11/h7-9H,3-6H2,1-2H3. The summed E-state index contributed by atoms with van der Waals surface area (Å²) in [5.74, 6) is 0.0527. The summed E-state index contributed by atoms with van der Waals surface area (Å²) < 4.78 is 0. The minimum atomic E-state index is 0.0527. The largest absolute Gasteiger partial charge is 0.338 e. The number of halogens is 2. The number of aryl methyl sites for hydroxylation is 1. The van der Waals surface area contributed by atoms with Crippen LogP contribution in [-0.2, 0) is 0 Å². The lowest BCUT2D eigenvalue weighted by atomic mass is 10.1. The third-order valence-electron chi connectivity index (χ3n) is 2.42. The van der Waals surface area contributed by atoms with Crippen molar-refractivity contribution in [3.63, 3.8) is 0 Å². The van der Waals surface area contributed by atoms with Crippen LogP contribution < -0.4 is 0 Å². The lowest BCUT2D eigenvalue weighted by molar-refractivity contribution is 0.0766. The van der Waals surface area contributed by atoms with Crippen LogP contribution in [0.5, 0.6) is 0 Å². The first kappa shape index (κ1) is 14.5. The lowest BCUT2D eigenvalue weighted by Gasteiger charge is -2.21. The first-order valence-corrected chi connectivity index (χ1v) is 7.21. The second-order valence-electron chi connectivity index (χ2n) is 4.00. The Labute approximate surface area is 116 Å². The molecule has 1 amide bonds. The zero-order chi connectivity index (χ0) is 12.8. The zero-order valence-corrected chi connectivity index (χ0v) is 12.5. The summed E-state index contributed by atoms with van der Waals surface area (Å²) in [6, 6.07) is 5.46. The molecule has 0 aromatic heterocycles. The highest BCUT2D eigenvalue weighted by Crippen LogP contribution is 2.16. The molecule has 0 aliphatic rings. The van der Waals surface area contributed by atoms with Crippen molar-refractivity contribution in [2.24, 2.45) is 0 Å². The number of hydrogen-bond donors (Lipinski definition) is 0. The topological polar surface area (TPSA) is 20.3 Å². The van der Waals surface area contributed by atoms with Gasteiger partial charge in [0, 0.05) is 29.0 Å². The molecule has 0 aliphatic carbocycles. The van der Waals surface area contributed by atoms with Crippen LogP contribution in [0.4, 0.5) is 0 Å². The highest BCUT2D eigenvalue weighted by Gasteiger charge is 2.14. The van der Waals surface area contributed by atoms with E-state index in [1.165, 1.54) is 0 Å². The lowest BCUT2D eigenvalue weighted by Crippen LogP contribution is -2.33. The van der Waals surface area contributed by atoms with Crippen molar-refractivity contribution in [2.45, 2.75) is 20.3 Å². The molecule has 1 rings (SSSR count). The third kappa shape index (κ3) is 4.32. The first-order valence-electron chi connectivity index (χ1n) is 5.71. The molecule has 0 heterocycles. The smallest absolute Gasteiger partial charge is 0.253 e. The summed E-state index contributed by atoms with van der Waals surface area (Å²) >= 11 is 9.34. The van der Waals surface area contributed by atoms with Crippen LogP contribution >= 0.6 is 27.5 Å². The number of carbonyl (C=O) groups excluding carboxylic acids is 1. The predicted octanol–water partition coefficient (Wildman–Crippen LogP) is 3.90. The van der Waals surface area contributed by atoms with Gasteiger partial charge < -0.3 is 4.90 Å². The van der Waals surface area contributed by atoms with Gasteiger partial charge in [0.15, 0.2) is 0 Å². The summed E-state index contributed by atoms with van der Waals surface area (Å²) in [5, 5.41) is 1.40. The van der Waals surface area contributed by atoms with Crippen molar-refractivity contribution in [3.8, 4) is 0 Å². The van der Waals surface area contributed by atoms with Crippen molar-refractivity contribution in [2.75, 3.05) is 18.4 Å². The van der Waals surface area contributed by atoms with Crippen molar-refractivity contribution in [1.82, 2.24) is 4.90 Å². The number of rotatable bonds is 5. The van der Waals surface area contributed by atoms with Crippen LogP contribution in [-0.4, -0.2) is 29.2 Å². The Balaban J connectivity index is 2.92. The second kappa shape index (κ2) is 7.02. The number of benzene rings is 1. The quantitative estimate of drug-likeness (QED) is 0.754. The molecule has 0 atom stereocenters. The van der Waals surface area contributed by atoms with Gasteiger partial charge in [-0.25, -0.2) is 0 Å². The molecule has 0 aliphatic heterocycles. The van der Waals surface area contributed by atoms with Crippen LogP contribution in [0.15, 0.2) is 18.2 Å². The molecular weight excluding hydrogens is 302 g/mol. The summed E-state index contributed by atoms with van der Waals surface area (Å²) in [6.07, 6.45) is 0.957. The molecule has 4 heteroatoms. The summed E-state index contributed by atoms with van der Waals surface area (Å²) in [6.45, 7) is 5.50. The summed E-state index contributed by atoms with van der Waals surface area (Å²) in [7, 11) is 0. The molecule has 2 nitrogen and oxygen atoms in total. The number of amides is 1. The Morgan fingerprint density at radius 2 is 2.06 bits per heavy atom. The summed E-state index contributed by atoms with van der Waals surface area (Å²) in [5.41, 5.74) is 1.68. The van der Waals surface area contributed by atoms with Gasteiger partial charge in [0.05, 0.1) is 0 Å². The van der Waals surface area contributed by atoms with Gasteiger partial charge in [-0.3, -0.25) is 4.79 Å². The highest BCUT2D eigenvalue weighted by atomic mass is 79.9. The maximum absolute atomic E-state index is 12.3. The fraction of sp³-hybridized carbons (Fsp3) is 0.462. The van der Waals surface area contributed by atoms with E-state index >= 15 is 0 Å². The van der Waals surface area contributed by atoms with Crippen LogP contribution in [0.1, 0.15) is 29.3 Å². The van der Waals surface area contributed by atoms with Crippen LogP contribution in [0, 0.1) is 6.92 Å². The molecule has 94 valence electrons. The highest BCUT2D eigenvalue weighted by molar-refractivity contribution is 9.09. The normalized spacial score (nSPS) is 10.4. The SMILES string of the molecule is CCCN(CCBr)C(=O)c1cc(C)cc(Cl)c1. The van der Waals surface area contributed by atoms with Gasteiger partial charge in [-0.15, -0.1) is 0 Å². The molecule has 0 spiro atoms. The van der Waals surface area contributed by atoms with Crippen LogP contribution in [0.2, 0.25) is 5.02 Å². The minimum Gasteiger partial charge on any atom is -0.338 e. The third-order valence-corrected chi connectivity index (χ3v) is 3.00. The Morgan fingerprint density at radius 1 is 1.35 bits per heavy atom. The monoisotopic (exact) mass is 317 g/mol. The Bertz CT molecular complexity index is 369. The van der Waals surface area contributed by atoms with E-state index < -0.39 is 0 Å². The van der Waals surface area contributed by atoms with Gasteiger partial charge in [-0.2, -0.15) is 0 Å². The van der Waals surface area contributed by atoms with Gasteiger partial charge in [0.25, 0.3) is 5.91 Å². The predicted molar refractivity (Wildman–Crippen MR) is 76.2 cm³/mol. The van der Waals surface area contributed by atoms with Crippen LogP contribution in [0.3, 0.4) is 0 Å². The first-order chi connectivity index (χ1) is 8.08. The van der Waals surface area contributed by atoms with E-state index in [2.05, 4.69) is 22.9 Å². The van der Waals surface area contributed by atoms with Gasteiger partial charge >= 0.3 is 0 Å². The number of nitrogens with zero attached hydrogens (tertiary/aromatic N) is 1. The molecule has 0 fully saturated rings. The Hall–Kier alpha value is -0.540. The fourth-order valence-corrected chi connectivity index (χ4v) is 2.45. The molecule has 17 heavy (non-hydrogen) atoms. The Kier molecular flexibility index (Phi) is 6.00. The van der Waals surface area contributed by atoms with E-state index in [1.54, 1.807) is 6.07 Å². The van der Waals surface area contributed by atoms with Gasteiger partial charge in [-0.1, -0.05) is 34.5 Å². The maximum atomic E-state index is 12.3. The molecule has 0 bridgehead atoms. The molecule has 1 aromatic rings. The molecule has 0 unspecified atom stereocenters. The van der Waals surface area contributed by atoms with E-state index in [-0.39, 0.29) is 5.91 Å². The number of carbonyl (C=O) groups is 1. The molecule has 0 N–H and O–H groups in total. The van der Waals surface area contributed by atoms with Crippen molar-refractivity contribution >= 4 is 33.4 Å². The maximum Gasteiger partial charge on any atom is 0.253 e. The van der Waals surface area contributed by atoms with Gasteiger partial charge in [0.2, 0.25) is 0 Å². The molecular formula is C13H17BrClNO. The molecule has 0 radical (unpaired) electrons. The van der Waals surface area contributed by atoms with E-state index in [0.717, 1.165) is 30.4 Å². The molecule has 1 aromatic carbocycles. The minimum absolute atomic E-state index is 0.0527. The van der Waals surface area contributed by atoms with Gasteiger partial charge in [-0.05, 0) is 37.1 Å². The van der Waals surface area contributed by atoms with Crippen molar-refractivity contribution in [3.05, 3.63) is 34.3 Å². The van der Waals surface area contributed by atoms with E-state index in [0.29, 0.717) is 10.6 Å². The summed E-state index contributed by atoms with van der Waals surface area (Å²) in [4.78, 5) is 14.1. The fourth-order valence-electron chi connectivity index (χ4n) is 1.73. The zero-order valence-electron chi connectivity index (χ0n) is 10.2. The number of alkyl halides is 1. The van der Waals surface area contributed by atoms with Crippen molar-refractivity contribution in [1.29, 1.82) is 0 Å². The average Bonchev–Trinajstić information content (AvgIpc) is 2.26. The van der Waals surface area contributed by atoms with E-state index in [9.17, 15) is 4.79 Å². The van der Waals surface area contributed by atoms with E-state index in [1.807, 2.05) is 24.0 Å². The van der Waals surface area contributed by atoms with Gasteiger partial charge in [0.1, 0.15) is 0 Å². The van der Waals surface area contributed by atoms with E-state index in [4.69, 9.17) is 11.6 Å². The molecule has 0 saturated carbocycles. The average molecular weight is 319 g/mol. The number of hydrogen-bond acceptors (Lipinski definition) is 1. The van der Waals surface area contributed by atoms with Crippen molar-refractivity contribution < 1.29 is 4.79 Å². The molecule has 0 saturated heterocycles. The Morgan fingerprint density at radius 3 is 2.59 bits per heavy atom. The van der Waals surface area contributed by atoms with Crippen LogP contribution in [0.25, 0.3) is 0 Å².